The number of hydrogen-bond acceptors (Lipinski definition) is 2. The van der Waals surface area contributed by atoms with E-state index < -0.39 is 6.10 Å². The van der Waals surface area contributed by atoms with Gasteiger partial charge in [-0.3, -0.25) is 4.99 Å². The molecule has 0 bridgehead atoms. The highest BCUT2D eigenvalue weighted by molar-refractivity contribution is 5.92. The molecule has 0 aliphatic heterocycles. The van der Waals surface area contributed by atoms with E-state index in [0.29, 0.717) is 12.4 Å². The summed E-state index contributed by atoms with van der Waals surface area (Å²) < 4.78 is 0. The Morgan fingerprint density at radius 3 is 2.59 bits per heavy atom. The quantitative estimate of drug-likeness (QED) is 0.567. The van der Waals surface area contributed by atoms with Gasteiger partial charge in [-0.15, -0.1) is 0 Å². The number of aliphatic hydroxyl groups excluding tert-OH is 1. The molecular weight excluding hydrogens is 274 g/mol. The fraction of sp³-hybridized carbons (Fsp3) is 0.278. The van der Waals surface area contributed by atoms with Crippen molar-refractivity contribution in [1.29, 1.82) is 0 Å². The fourth-order valence-electron chi connectivity index (χ4n) is 2.21. The third-order valence-electron chi connectivity index (χ3n) is 3.39. The molecule has 0 aromatic heterocycles. The van der Waals surface area contributed by atoms with Crippen molar-refractivity contribution in [2.24, 2.45) is 10.7 Å². The monoisotopic (exact) mass is 297 g/mol. The predicted octanol–water partition coefficient (Wildman–Crippen LogP) is 2.58. The lowest BCUT2D eigenvalue weighted by Crippen LogP contribution is -2.25. The zero-order chi connectivity index (χ0) is 15.8. The van der Waals surface area contributed by atoms with Crippen LogP contribution in [0.1, 0.15) is 18.1 Å². The van der Waals surface area contributed by atoms with E-state index in [0.717, 1.165) is 17.7 Å². The third kappa shape index (κ3) is 5.22. The van der Waals surface area contributed by atoms with Gasteiger partial charge in [-0.05, 0) is 29.7 Å². The minimum absolute atomic E-state index is 0.279. The predicted molar refractivity (Wildman–Crippen MR) is 92.1 cm³/mol. The Morgan fingerprint density at radius 1 is 1.14 bits per heavy atom. The van der Waals surface area contributed by atoms with Crippen molar-refractivity contribution in [3.8, 4) is 0 Å². The van der Waals surface area contributed by atoms with Crippen molar-refractivity contribution >= 4 is 11.6 Å². The summed E-state index contributed by atoms with van der Waals surface area (Å²) in [5, 5.41) is 13.1. The Hall–Kier alpha value is -2.33. The second-order valence-corrected chi connectivity index (χ2v) is 5.25. The van der Waals surface area contributed by atoms with Gasteiger partial charge in [-0.1, -0.05) is 49.4 Å². The molecule has 0 fully saturated rings. The van der Waals surface area contributed by atoms with Crippen LogP contribution in [0.5, 0.6) is 0 Å². The first-order valence-corrected chi connectivity index (χ1v) is 7.55. The molecule has 1 atom stereocenters. The van der Waals surface area contributed by atoms with Crippen LogP contribution in [0.25, 0.3) is 0 Å². The second kappa shape index (κ2) is 8.20. The molecular formula is C18H23N3O. The lowest BCUT2D eigenvalue weighted by Gasteiger charge is -2.10. The summed E-state index contributed by atoms with van der Waals surface area (Å²) in [6.45, 7) is 2.39. The number of nitrogens with two attached hydrogens (primary N) is 1. The van der Waals surface area contributed by atoms with Gasteiger partial charge in [0.25, 0.3) is 0 Å². The van der Waals surface area contributed by atoms with Crippen molar-refractivity contribution in [3.63, 3.8) is 0 Å². The third-order valence-corrected chi connectivity index (χ3v) is 3.39. The Labute approximate surface area is 131 Å². The number of rotatable bonds is 6. The number of aliphatic hydroxyl groups is 1. The highest BCUT2D eigenvalue weighted by atomic mass is 16.3. The summed E-state index contributed by atoms with van der Waals surface area (Å²) in [5.41, 5.74) is 9.11. The minimum atomic E-state index is -0.537. The van der Waals surface area contributed by atoms with E-state index in [-0.39, 0.29) is 6.54 Å². The Morgan fingerprint density at radius 2 is 1.86 bits per heavy atom. The van der Waals surface area contributed by atoms with Gasteiger partial charge >= 0.3 is 0 Å². The molecule has 2 aromatic rings. The van der Waals surface area contributed by atoms with E-state index in [1.807, 2.05) is 48.5 Å². The van der Waals surface area contributed by atoms with Crippen LogP contribution in [0, 0.1) is 0 Å². The molecule has 4 heteroatoms. The number of aliphatic imine (C=N–C) groups is 1. The standard InChI is InChI=1S/C18H23N3O/c1-2-14-9-6-10-16(11-14)21-18(19)20-13-17(22)12-15-7-4-3-5-8-15/h3-11,17,22H,2,12-13H2,1H3,(H3,19,20,21). The summed E-state index contributed by atoms with van der Waals surface area (Å²) >= 11 is 0. The number of hydrogen-bond donors (Lipinski definition) is 3. The van der Waals surface area contributed by atoms with Crippen LogP contribution in [0.4, 0.5) is 5.69 Å². The first-order valence-electron chi connectivity index (χ1n) is 7.55. The molecule has 2 rings (SSSR count). The lowest BCUT2D eigenvalue weighted by molar-refractivity contribution is 0.184. The van der Waals surface area contributed by atoms with Crippen LogP contribution >= 0.6 is 0 Å². The van der Waals surface area contributed by atoms with Gasteiger partial charge in [-0.25, -0.2) is 0 Å². The molecule has 0 amide bonds. The summed E-state index contributed by atoms with van der Waals surface area (Å²) in [7, 11) is 0. The van der Waals surface area contributed by atoms with E-state index in [1.54, 1.807) is 0 Å². The molecule has 116 valence electrons. The number of nitrogens with one attached hydrogen (secondary N) is 1. The van der Waals surface area contributed by atoms with Crippen LogP contribution < -0.4 is 11.1 Å². The SMILES string of the molecule is CCc1cccc(NC(N)=NCC(O)Cc2ccccc2)c1. The molecule has 1 unspecified atom stereocenters. The van der Waals surface area contributed by atoms with Gasteiger partial charge in [0, 0.05) is 12.1 Å². The smallest absolute Gasteiger partial charge is 0.193 e. The molecule has 22 heavy (non-hydrogen) atoms. The maximum atomic E-state index is 10.0. The first kappa shape index (κ1) is 16.0. The maximum absolute atomic E-state index is 10.0. The van der Waals surface area contributed by atoms with E-state index in [1.165, 1.54) is 5.56 Å². The van der Waals surface area contributed by atoms with Gasteiger partial charge in [0.2, 0.25) is 0 Å². The van der Waals surface area contributed by atoms with Crippen molar-refractivity contribution in [2.45, 2.75) is 25.9 Å². The second-order valence-electron chi connectivity index (χ2n) is 5.25. The zero-order valence-electron chi connectivity index (χ0n) is 12.9. The molecule has 0 aliphatic rings. The number of nitrogens with zero attached hydrogens (tertiary/aromatic N) is 1. The molecule has 2 aromatic carbocycles. The molecule has 0 radical (unpaired) electrons. The average molecular weight is 297 g/mol. The molecule has 0 aliphatic carbocycles. The lowest BCUT2D eigenvalue weighted by atomic mass is 10.1. The van der Waals surface area contributed by atoms with Crippen LogP contribution in [0.15, 0.2) is 59.6 Å². The van der Waals surface area contributed by atoms with Crippen LogP contribution in [0.3, 0.4) is 0 Å². The Kier molecular flexibility index (Phi) is 5.98. The molecule has 0 saturated carbocycles. The summed E-state index contributed by atoms with van der Waals surface area (Å²) in [6, 6.07) is 17.9. The van der Waals surface area contributed by atoms with Crippen molar-refractivity contribution in [1.82, 2.24) is 0 Å². The zero-order valence-corrected chi connectivity index (χ0v) is 12.9. The maximum Gasteiger partial charge on any atom is 0.193 e. The highest BCUT2D eigenvalue weighted by Crippen LogP contribution is 2.10. The molecule has 4 nitrogen and oxygen atoms in total. The van der Waals surface area contributed by atoms with Crippen molar-refractivity contribution in [2.75, 3.05) is 11.9 Å². The van der Waals surface area contributed by atoms with E-state index in [9.17, 15) is 5.11 Å². The molecule has 0 spiro atoms. The number of guanidine groups is 1. The van der Waals surface area contributed by atoms with Gasteiger partial charge < -0.3 is 16.2 Å². The average Bonchev–Trinajstić information content (AvgIpc) is 2.54. The topological polar surface area (TPSA) is 70.6 Å². The minimum Gasteiger partial charge on any atom is -0.391 e. The fourth-order valence-corrected chi connectivity index (χ4v) is 2.21. The number of aryl methyl sites for hydroxylation is 1. The van der Waals surface area contributed by atoms with Gasteiger partial charge in [0.05, 0.1) is 12.6 Å². The molecule has 0 saturated heterocycles. The summed E-state index contributed by atoms with van der Waals surface area (Å²) in [4.78, 5) is 4.20. The summed E-state index contributed by atoms with van der Waals surface area (Å²) in [6.07, 6.45) is 1.01. The van der Waals surface area contributed by atoms with Crippen molar-refractivity contribution in [3.05, 3.63) is 65.7 Å². The van der Waals surface area contributed by atoms with Crippen LogP contribution in [-0.2, 0) is 12.8 Å². The van der Waals surface area contributed by atoms with Crippen LogP contribution in [-0.4, -0.2) is 23.7 Å². The van der Waals surface area contributed by atoms with Crippen LogP contribution in [0.2, 0.25) is 0 Å². The molecule has 0 heterocycles. The van der Waals surface area contributed by atoms with Gasteiger partial charge in [-0.2, -0.15) is 0 Å². The summed E-state index contributed by atoms with van der Waals surface area (Å²) in [5.74, 6) is 0.320. The van der Waals surface area contributed by atoms with Gasteiger partial charge in [0.15, 0.2) is 5.96 Å². The van der Waals surface area contributed by atoms with Gasteiger partial charge in [0.1, 0.15) is 0 Å². The normalized spacial score (nSPS) is 12.9. The molecule has 4 N–H and O–H groups in total. The van der Waals surface area contributed by atoms with E-state index in [2.05, 4.69) is 23.3 Å². The number of benzene rings is 2. The Bertz CT molecular complexity index is 611. The largest absolute Gasteiger partial charge is 0.391 e. The number of anilines is 1. The van der Waals surface area contributed by atoms with Crippen molar-refractivity contribution < 1.29 is 5.11 Å². The van der Waals surface area contributed by atoms with E-state index in [4.69, 9.17) is 5.73 Å². The Balaban J connectivity index is 1.86. The highest BCUT2D eigenvalue weighted by Gasteiger charge is 2.05. The first-order chi connectivity index (χ1) is 10.7. The van der Waals surface area contributed by atoms with E-state index >= 15 is 0 Å².